The van der Waals surface area contributed by atoms with Crippen LogP contribution >= 0.6 is 23.2 Å². The van der Waals surface area contributed by atoms with E-state index in [9.17, 15) is 0 Å². The van der Waals surface area contributed by atoms with Gasteiger partial charge in [-0.25, -0.2) is 0 Å². The van der Waals surface area contributed by atoms with Crippen LogP contribution in [0.15, 0.2) is 18.2 Å². The van der Waals surface area contributed by atoms with Crippen LogP contribution in [0.3, 0.4) is 0 Å². The Hall–Kier alpha value is -0.480. The smallest absolute Gasteiger partial charge is 0.139 e. The average Bonchev–Trinajstić information content (AvgIpc) is 2.88. The maximum Gasteiger partial charge on any atom is 0.139 e. The highest BCUT2D eigenvalue weighted by atomic mass is 35.5. The van der Waals surface area contributed by atoms with E-state index in [4.69, 9.17) is 32.7 Å². The predicted octanol–water partition coefficient (Wildman–Crippen LogP) is 3.00. The number of halogens is 2. The number of benzene rings is 1. The molecule has 2 atom stereocenters. The van der Waals surface area contributed by atoms with Gasteiger partial charge in [-0.1, -0.05) is 29.3 Å². The van der Waals surface area contributed by atoms with Gasteiger partial charge in [0, 0.05) is 19.6 Å². The summed E-state index contributed by atoms with van der Waals surface area (Å²) in [6.45, 7) is 2.53. The third-order valence-corrected chi connectivity index (χ3v) is 3.95. The molecule has 0 aromatic heterocycles. The van der Waals surface area contributed by atoms with Crippen molar-refractivity contribution in [2.45, 2.75) is 12.5 Å². The molecule has 1 fully saturated rings. The molecule has 1 heterocycles. The standard InChI is InChI=1S/C13H17Cl2NO2/c1-17-8-12(9-5-6-16-7-9)18-11-4-2-3-10(14)13(11)15/h2-4,9,12,16H,5-8H2,1H3/t9-,12+/m0/s1. The largest absolute Gasteiger partial charge is 0.486 e. The molecule has 0 aliphatic carbocycles. The number of rotatable bonds is 5. The minimum absolute atomic E-state index is 0.000895. The molecule has 2 rings (SSSR count). The second-order valence-electron chi connectivity index (χ2n) is 4.42. The van der Waals surface area contributed by atoms with Crippen molar-refractivity contribution in [3.63, 3.8) is 0 Å². The fraction of sp³-hybridized carbons (Fsp3) is 0.538. The second kappa shape index (κ2) is 6.62. The van der Waals surface area contributed by atoms with Crippen LogP contribution in [-0.2, 0) is 4.74 Å². The maximum absolute atomic E-state index is 6.13. The summed E-state index contributed by atoms with van der Waals surface area (Å²) in [4.78, 5) is 0. The van der Waals surface area contributed by atoms with E-state index in [-0.39, 0.29) is 6.10 Å². The lowest BCUT2D eigenvalue weighted by atomic mass is 10.0. The molecule has 0 amide bonds. The zero-order valence-electron chi connectivity index (χ0n) is 10.3. The van der Waals surface area contributed by atoms with Crippen molar-refractivity contribution in [3.8, 4) is 5.75 Å². The topological polar surface area (TPSA) is 30.5 Å². The summed E-state index contributed by atoms with van der Waals surface area (Å²) in [5.41, 5.74) is 0. The van der Waals surface area contributed by atoms with Crippen LogP contribution in [0.1, 0.15) is 6.42 Å². The monoisotopic (exact) mass is 289 g/mol. The van der Waals surface area contributed by atoms with Crippen LogP contribution in [-0.4, -0.2) is 32.9 Å². The third-order valence-electron chi connectivity index (χ3n) is 3.15. The molecule has 0 bridgehead atoms. The van der Waals surface area contributed by atoms with Crippen molar-refractivity contribution in [1.29, 1.82) is 0 Å². The van der Waals surface area contributed by atoms with E-state index in [0.29, 0.717) is 28.3 Å². The molecule has 1 N–H and O–H groups in total. The Morgan fingerprint density at radius 2 is 2.28 bits per heavy atom. The molecule has 100 valence electrons. The van der Waals surface area contributed by atoms with Gasteiger partial charge in [-0.05, 0) is 25.1 Å². The molecule has 0 spiro atoms. The van der Waals surface area contributed by atoms with E-state index < -0.39 is 0 Å². The lowest BCUT2D eigenvalue weighted by Crippen LogP contribution is -2.33. The van der Waals surface area contributed by atoms with Crippen LogP contribution in [0.5, 0.6) is 5.75 Å². The van der Waals surface area contributed by atoms with Crippen molar-refractivity contribution in [3.05, 3.63) is 28.2 Å². The quantitative estimate of drug-likeness (QED) is 0.904. The molecular weight excluding hydrogens is 273 g/mol. The Labute approximate surface area is 117 Å². The summed E-state index contributed by atoms with van der Waals surface area (Å²) >= 11 is 12.1. The van der Waals surface area contributed by atoms with E-state index in [2.05, 4.69) is 5.32 Å². The SMILES string of the molecule is COC[C@@H](Oc1cccc(Cl)c1Cl)[C@H]1CCNC1. The van der Waals surface area contributed by atoms with Gasteiger partial charge >= 0.3 is 0 Å². The van der Waals surface area contributed by atoms with Crippen LogP contribution in [0, 0.1) is 5.92 Å². The van der Waals surface area contributed by atoms with Crippen LogP contribution in [0.2, 0.25) is 10.0 Å². The molecule has 1 aromatic rings. The Balaban J connectivity index is 2.10. The predicted molar refractivity (Wildman–Crippen MR) is 73.7 cm³/mol. The fourth-order valence-electron chi connectivity index (χ4n) is 2.16. The first-order valence-corrected chi connectivity index (χ1v) is 6.78. The highest BCUT2D eigenvalue weighted by molar-refractivity contribution is 6.42. The van der Waals surface area contributed by atoms with Crippen molar-refractivity contribution in [2.24, 2.45) is 5.92 Å². The minimum atomic E-state index is 0.000895. The molecular formula is C13H17Cl2NO2. The zero-order valence-corrected chi connectivity index (χ0v) is 11.8. The first-order valence-electron chi connectivity index (χ1n) is 6.02. The van der Waals surface area contributed by atoms with Crippen molar-refractivity contribution >= 4 is 23.2 Å². The summed E-state index contributed by atoms with van der Waals surface area (Å²) in [5, 5.41) is 4.30. The van der Waals surface area contributed by atoms with Gasteiger partial charge in [-0.15, -0.1) is 0 Å². The van der Waals surface area contributed by atoms with Gasteiger partial charge in [0.1, 0.15) is 16.9 Å². The summed E-state index contributed by atoms with van der Waals surface area (Å²) in [6.07, 6.45) is 1.09. The van der Waals surface area contributed by atoms with E-state index in [1.54, 1.807) is 13.2 Å². The van der Waals surface area contributed by atoms with Crippen molar-refractivity contribution < 1.29 is 9.47 Å². The number of methoxy groups -OCH3 is 1. The average molecular weight is 290 g/mol. The first-order chi connectivity index (χ1) is 8.72. The Morgan fingerprint density at radius 1 is 1.44 bits per heavy atom. The van der Waals surface area contributed by atoms with Gasteiger partial charge in [-0.2, -0.15) is 0 Å². The van der Waals surface area contributed by atoms with Gasteiger partial charge < -0.3 is 14.8 Å². The Morgan fingerprint density at radius 3 is 2.94 bits per heavy atom. The van der Waals surface area contributed by atoms with Gasteiger partial charge in [0.15, 0.2) is 0 Å². The minimum Gasteiger partial charge on any atom is -0.486 e. The highest BCUT2D eigenvalue weighted by Gasteiger charge is 2.27. The van der Waals surface area contributed by atoms with Crippen LogP contribution in [0.4, 0.5) is 0 Å². The van der Waals surface area contributed by atoms with Gasteiger partial charge in [0.25, 0.3) is 0 Å². The van der Waals surface area contributed by atoms with Gasteiger partial charge in [-0.3, -0.25) is 0 Å². The molecule has 1 aromatic carbocycles. The van der Waals surface area contributed by atoms with Crippen LogP contribution in [0.25, 0.3) is 0 Å². The lowest BCUT2D eigenvalue weighted by molar-refractivity contribution is 0.0483. The fourth-order valence-corrected chi connectivity index (χ4v) is 2.50. The summed E-state index contributed by atoms with van der Waals surface area (Å²) in [6, 6.07) is 5.42. The molecule has 0 saturated carbocycles. The summed E-state index contributed by atoms with van der Waals surface area (Å²) in [7, 11) is 1.68. The molecule has 5 heteroatoms. The normalized spacial score (nSPS) is 20.9. The Bertz CT molecular complexity index is 395. The maximum atomic E-state index is 6.13. The Kier molecular flexibility index (Phi) is 5.13. The molecule has 1 aliphatic heterocycles. The molecule has 18 heavy (non-hydrogen) atoms. The van der Waals surface area contributed by atoms with E-state index >= 15 is 0 Å². The number of ether oxygens (including phenoxy) is 2. The van der Waals surface area contributed by atoms with E-state index in [0.717, 1.165) is 19.5 Å². The van der Waals surface area contributed by atoms with E-state index in [1.807, 2.05) is 12.1 Å². The van der Waals surface area contributed by atoms with Gasteiger partial charge in [0.2, 0.25) is 0 Å². The van der Waals surface area contributed by atoms with E-state index in [1.165, 1.54) is 0 Å². The van der Waals surface area contributed by atoms with Crippen LogP contribution < -0.4 is 10.1 Å². The van der Waals surface area contributed by atoms with Crippen molar-refractivity contribution in [1.82, 2.24) is 5.32 Å². The number of hydrogen-bond acceptors (Lipinski definition) is 3. The molecule has 0 radical (unpaired) electrons. The zero-order chi connectivity index (χ0) is 13.0. The second-order valence-corrected chi connectivity index (χ2v) is 5.20. The lowest BCUT2D eigenvalue weighted by Gasteiger charge is -2.24. The van der Waals surface area contributed by atoms with Crippen molar-refractivity contribution in [2.75, 3.05) is 26.8 Å². The highest BCUT2D eigenvalue weighted by Crippen LogP contribution is 2.33. The molecule has 3 nitrogen and oxygen atoms in total. The first kappa shape index (κ1) is 13.9. The number of hydrogen-bond donors (Lipinski definition) is 1. The van der Waals surface area contributed by atoms with Gasteiger partial charge in [0.05, 0.1) is 11.6 Å². The molecule has 0 unspecified atom stereocenters. The third kappa shape index (κ3) is 3.29. The molecule has 1 aliphatic rings. The summed E-state index contributed by atoms with van der Waals surface area (Å²) < 4.78 is 11.2. The summed E-state index contributed by atoms with van der Waals surface area (Å²) in [5.74, 6) is 1.07. The molecule has 1 saturated heterocycles. The number of nitrogens with one attached hydrogen (secondary N) is 1.